The Morgan fingerprint density at radius 2 is 2.18 bits per heavy atom. The van der Waals surface area contributed by atoms with Crippen LogP contribution in [0.5, 0.6) is 0 Å². The number of para-hydroxylation sites is 1. The van der Waals surface area contributed by atoms with E-state index < -0.39 is 0 Å². The zero-order chi connectivity index (χ0) is 12.1. The van der Waals surface area contributed by atoms with Crippen LogP contribution >= 0.6 is 11.8 Å². The van der Waals surface area contributed by atoms with E-state index in [9.17, 15) is 4.79 Å². The molecule has 17 heavy (non-hydrogen) atoms. The van der Waals surface area contributed by atoms with E-state index in [1.54, 1.807) is 18.0 Å². The number of hydrogen-bond donors (Lipinski definition) is 1. The summed E-state index contributed by atoms with van der Waals surface area (Å²) >= 11 is 1.71. The van der Waals surface area contributed by atoms with Gasteiger partial charge < -0.3 is 5.32 Å². The Labute approximate surface area is 105 Å². The molecular weight excluding hydrogens is 232 g/mol. The van der Waals surface area contributed by atoms with E-state index in [1.165, 1.54) is 0 Å². The van der Waals surface area contributed by atoms with Crippen molar-refractivity contribution in [3.8, 4) is 0 Å². The molecule has 0 saturated carbocycles. The van der Waals surface area contributed by atoms with Gasteiger partial charge in [-0.1, -0.05) is 18.2 Å². The largest absolute Gasteiger partial charge is 0.351 e. The van der Waals surface area contributed by atoms with Crippen molar-refractivity contribution in [2.24, 2.45) is 0 Å². The zero-order valence-electron chi connectivity index (χ0n) is 9.64. The van der Waals surface area contributed by atoms with Gasteiger partial charge in [-0.3, -0.25) is 9.78 Å². The minimum absolute atomic E-state index is 0.0525. The molecule has 0 fully saturated rings. The molecule has 0 bridgehead atoms. The predicted molar refractivity (Wildman–Crippen MR) is 72.5 cm³/mol. The molecule has 4 heteroatoms. The molecule has 3 nitrogen and oxygen atoms in total. The third-order valence-corrected chi connectivity index (χ3v) is 3.08. The first-order valence-corrected chi connectivity index (χ1v) is 6.83. The molecule has 2 rings (SSSR count). The van der Waals surface area contributed by atoms with Crippen LogP contribution in [0.15, 0.2) is 36.5 Å². The molecule has 0 aliphatic heterocycles. The second-order valence-corrected chi connectivity index (χ2v) is 4.61. The number of thioether (sulfide) groups is 1. The highest BCUT2D eigenvalue weighted by Crippen LogP contribution is 2.15. The summed E-state index contributed by atoms with van der Waals surface area (Å²) in [5.74, 6) is 0.868. The van der Waals surface area contributed by atoms with Crippen molar-refractivity contribution in [3.05, 3.63) is 42.1 Å². The summed E-state index contributed by atoms with van der Waals surface area (Å²) in [7, 11) is 0. The van der Waals surface area contributed by atoms with Crippen LogP contribution in [0.3, 0.4) is 0 Å². The lowest BCUT2D eigenvalue weighted by Crippen LogP contribution is -2.26. The number of aromatic nitrogens is 1. The van der Waals surface area contributed by atoms with Gasteiger partial charge in [0.2, 0.25) is 0 Å². The van der Waals surface area contributed by atoms with E-state index in [-0.39, 0.29) is 5.91 Å². The van der Waals surface area contributed by atoms with Gasteiger partial charge in [0.05, 0.1) is 11.1 Å². The first-order valence-electron chi connectivity index (χ1n) is 5.44. The summed E-state index contributed by atoms with van der Waals surface area (Å²) in [5.41, 5.74) is 1.40. The Balaban J connectivity index is 2.26. The maximum absolute atomic E-state index is 12.0. The highest BCUT2D eigenvalue weighted by Gasteiger charge is 2.09. The Bertz CT molecular complexity index is 522. The first-order chi connectivity index (χ1) is 8.33. The molecule has 1 heterocycles. The molecular formula is C13H14N2OS. The van der Waals surface area contributed by atoms with E-state index in [1.807, 2.05) is 36.6 Å². The molecule has 0 unspecified atom stereocenters. The quantitative estimate of drug-likeness (QED) is 0.842. The second kappa shape index (κ2) is 5.68. The maximum Gasteiger partial charge on any atom is 0.253 e. The van der Waals surface area contributed by atoms with Crippen molar-refractivity contribution in [3.63, 3.8) is 0 Å². The molecule has 0 aliphatic rings. The molecule has 1 aromatic carbocycles. The summed E-state index contributed by atoms with van der Waals surface area (Å²) in [5, 5.41) is 3.88. The van der Waals surface area contributed by atoms with Gasteiger partial charge in [0.15, 0.2) is 0 Å². The maximum atomic E-state index is 12.0. The van der Waals surface area contributed by atoms with Crippen LogP contribution in [0.2, 0.25) is 0 Å². The average Bonchev–Trinajstić information content (AvgIpc) is 2.38. The van der Waals surface area contributed by atoms with E-state index in [0.717, 1.165) is 16.7 Å². The first kappa shape index (κ1) is 11.9. The van der Waals surface area contributed by atoms with Crippen LogP contribution in [0, 0.1) is 0 Å². The van der Waals surface area contributed by atoms with Gasteiger partial charge in [-0.15, -0.1) is 0 Å². The number of fused-ring (bicyclic) bond motifs is 1. The zero-order valence-corrected chi connectivity index (χ0v) is 10.5. The Hall–Kier alpha value is -1.55. The number of nitrogens with one attached hydrogen (secondary N) is 1. The van der Waals surface area contributed by atoms with Gasteiger partial charge in [-0.25, -0.2) is 0 Å². The van der Waals surface area contributed by atoms with Gasteiger partial charge in [-0.05, 0) is 18.4 Å². The average molecular weight is 246 g/mol. The number of benzene rings is 1. The van der Waals surface area contributed by atoms with Crippen LogP contribution < -0.4 is 5.32 Å². The van der Waals surface area contributed by atoms with E-state index in [0.29, 0.717) is 12.1 Å². The van der Waals surface area contributed by atoms with Crippen molar-refractivity contribution in [2.45, 2.75) is 0 Å². The molecule has 88 valence electrons. The third-order valence-electron chi connectivity index (χ3n) is 2.47. The number of carbonyl (C=O) groups is 1. The van der Waals surface area contributed by atoms with Gasteiger partial charge in [0.25, 0.3) is 5.91 Å². The molecule has 0 radical (unpaired) electrons. The number of amides is 1. The lowest BCUT2D eigenvalue weighted by atomic mass is 10.1. The topological polar surface area (TPSA) is 42.0 Å². The lowest BCUT2D eigenvalue weighted by Gasteiger charge is -2.06. The van der Waals surface area contributed by atoms with Crippen LogP contribution in [0.25, 0.3) is 10.9 Å². The van der Waals surface area contributed by atoms with Crippen LogP contribution in [0.1, 0.15) is 10.4 Å². The summed E-state index contributed by atoms with van der Waals surface area (Å²) in [6.07, 6.45) is 3.73. The summed E-state index contributed by atoms with van der Waals surface area (Å²) in [4.78, 5) is 16.2. The van der Waals surface area contributed by atoms with Crippen LogP contribution in [-0.4, -0.2) is 29.4 Å². The fraction of sp³-hybridized carbons (Fsp3) is 0.231. The Morgan fingerprint density at radius 3 is 3.00 bits per heavy atom. The lowest BCUT2D eigenvalue weighted by molar-refractivity contribution is 0.0957. The number of carbonyl (C=O) groups excluding carboxylic acids is 1. The van der Waals surface area contributed by atoms with E-state index >= 15 is 0 Å². The molecule has 2 aromatic rings. The van der Waals surface area contributed by atoms with Gasteiger partial charge in [0.1, 0.15) is 0 Å². The monoisotopic (exact) mass is 246 g/mol. The molecule has 0 aliphatic carbocycles. The van der Waals surface area contributed by atoms with Crippen molar-refractivity contribution in [1.29, 1.82) is 0 Å². The van der Waals surface area contributed by atoms with Gasteiger partial charge in [-0.2, -0.15) is 11.8 Å². The number of pyridine rings is 1. The van der Waals surface area contributed by atoms with Crippen molar-refractivity contribution in [1.82, 2.24) is 10.3 Å². The van der Waals surface area contributed by atoms with E-state index in [4.69, 9.17) is 0 Å². The standard InChI is InChI=1S/C13H14N2OS/c1-17-9-8-15-13(16)11-6-2-4-10-5-3-7-14-12(10)11/h2-7H,8-9H2,1H3,(H,15,16). The SMILES string of the molecule is CSCCNC(=O)c1cccc2cccnc12. The molecule has 1 aromatic heterocycles. The van der Waals surface area contributed by atoms with Gasteiger partial charge in [0, 0.05) is 23.9 Å². The van der Waals surface area contributed by atoms with Crippen molar-refractivity contribution < 1.29 is 4.79 Å². The molecule has 0 spiro atoms. The minimum atomic E-state index is -0.0525. The summed E-state index contributed by atoms with van der Waals surface area (Å²) in [6.45, 7) is 0.684. The molecule has 1 amide bonds. The van der Waals surface area contributed by atoms with Crippen LogP contribution in [-0.2, 0) is 0 Å². The third kappa shape index (κ3) is 2.77. The Morgan fingerprint density at radius 1 is 1.35 bits per heavy atom. The second-order valence-electron chi connectivity index (χ2n) is 3.63. The smallest absolute Gasteiger partial charge is 0.253 e. The number of nitrogens with zero attached hydrogens (tertiary/aromatic N) is 1. The number of rotatable bonds is 4. The number of hydrogen-bond acceptors (Lipinski definition) is 3. The van der Waals surface area contributed by atoms with Gasteiger partial charge >= 0.3 is 0 Å². The van der Waals surface area contributed by atoms with E-state index in [2.05, 4.69) is 10.3 Å². The fourth-order valence-electron chi connectivity index (χ4n) is 1.65. The summed E-state index contributed by atoms with van der Waals surface area (Å²) in [6, 6.07) is 9.48. The highest BCUT2D eigenvalue weighted by atomic mass is 32.2. The summed E-state index contributed by atoms with van der Waals surface area (Å²) < 4.78 is 0. The molecule has 0 atom stereocenters. The molecule has 0 saturated heterocycles. The van der Waals surface area contributed by atoms with Crippen molar-refractivity contribution >= 4 is 28.6 Å². The normalized spacial score (nSPS) is 10.4. The fourth-order valence-corrected chi connectivity index (χ4v) is 1.96. The highest BCUT2D eigenvalue weighted by molar-refractivity contribution is 7.98. The minimum Gasteiger partial charge on any atom is -0.351 e. The van der Waals surface area contributed by atoms with Crippen molar-refractivity contribution in [2.75, 3.05) is 18.6 Å². The Kier molecular flexibility index (Phi) is 3.98. The van der Waals surface area contributed by atoms with Crippen LogP contribution in [0.4, 0.5) is 0 Å². The predicted octanol–water partition coefficient (Wildman–Crippen LogP) is 2.33. The molecule has 1 N–H and O–H groups in total.